The van der Waals surface area contributed by atoms with Gasteiger partial charge in [-0.2, -0.15) is 0 Å². The molecule has 0 saturated heterocycles. The van der Waals surface area contributed by atoms with E-state index >= 15 is 0 Å². The third-order valence-corrected chi connectivity index (χ3v) is 3.72. The molecule has 0 radical (unpaired) electrons. The number of hydrogen-bond donors (Lipinski definition) is 2. The number of rotatable bonds is 5. The van der Waals surface area contributed by atoms with E-state index in [2.05, 4.69) is 17.4 Å². The summed E-state index contributed by atoms with van der Waals surface area (Å²) in [4.78, 5) is 12.0. The molecule has 1 aromatic heterocycles. The normalized spacial score (nSPS) is 23.3. The number of nitrogens with zero attached hydrogens (tertiary/aromatic N) is 1. The predicted molar refractivity (Wildman–Crippen MR) is 70.8 cm³/mol. The Morgan fingerprint density at radius 2 is 2.21 bits per heavy atom. The van der Waals surface area contributed by atoms with E-state index < -0.39 is 0 Å². The molecule has 19 heavy (non-hydrogen) atoms. The van der Waals surface area contributed by atoms with Gasteiger partial charge < -0.3 is 14.9 Å². The van der Waals surface area contributed by atoms with Gasteiger partial charge in [0.25, 0.3) is 5.91 Å². The van der Waals surface area contributed by atoms with Crippen molar-refractivity contribution in [3.63, 3.8) is 0 Å². The van der Waals surface area contributed by atoms with Crippen molar-refractivity contribution in [1.82, 2.24) is 10.5 Å². The quantitative estimate of drug-likeness (QED) is 0.853. The molecule has 1 saturated carbocycles. The number of carbonyl (C=O) groups is 1. The zero-order chi connectivity index (χ0) is 13.7. The fourth-order valence-electron chi connectivity index (χ4n) is 2.45. The van der Waals surface area contributed by atoms with Gasteiger partial charge in [0.05, 0.1) is 0 Å². The average molecular weight is 266 g/mol. The highest BCUT2D eigenvalue weighted by atomic mass is 16.5. The monoisotopic (exact) mass is 266 g/mol. The Hall–Kier alpha value is -1.36. The number of aromatic nitrogens is 1. The smallest absolute Gasteiger partial charge is 0.273 e. The lowest BCUT2D eigenvalue weighted by atomic mass is 9.87. The van der Waals surface area contributed by atoms with Gasteiger partial charge in [-0.05, 0) is 38.0 Å². The van der Waals surface area contributed by atoms with Crippen LogP contribution in [-0.4, -0.2) is 28.8 Å². The summed E-state index contributed by atoms with van der Waals surface area (Å²) >= 11 is 0. The van der Waals surface area contributed by atoms with E-state index in [0.717, 1.165) is 18.8 Å². The number of aliphatic hydroxyl groups excluding tert-OH is 1. The molecular formula is C14H22N2O3. The highest BCUT2D eigenvalue weighted by Crippen LogP contribution is 2.23. The second-order valence-electron chi connectivity index (χ2n) is 5.44. The Morgan fingerprint density at radius 3 is 2.89 bits per heavy atom. The minimum Gasteiger partial charge on any atom is -0.396 e. The van der Waals surface area contributed by atoms with Crippen molar-refractivity contribution in [2.24, 2.45) is 5.92 Å². The van der Waals surface area contributed by atoms with Crippen LogP contribution in [0, 0.1) is 5.92 Å². The molecule has 2 N–H and O–H groups in total. The third kappa shape index (κ3) is 4.06. The molecule has 0 spiro atoms. The van der Waals surface area contributed by atoms with Gasteiger partial charge in [-0.15, -0.1) is 0 Å². The van der Waals surface area contributed by atoms with Gasteiger partial charge in [0.15, 0.2) is 5.69 Å². The van der Waals surface area contributed by atoms with Gasteiger partial charge in [-0.25, -0.2) is 0 Å². The molecule has 0 aliphatic heterocycles. The van der Waals surface area contributed by atoms with E-state index in [-0.39, 0.29) is 18.6 Å². The summed E-state index contributed by atoms with van der Waals surface area (Å²) in [7, 11) is 0. The largest absolute Gasteiger partial charge is 0.396 e. The van der Waals surface area contributed by atoms with Crippen LogP contribution in [0.1, 0.15) is 55.3 Å². The Morgan fingerprint density at radius 1 is 1.47 bits per heavy atom. The molecule has 106 valence electrons. The summed E-state index contributed by atoms with van der Waals surface area (Å²) in [6, 6.07) is 1.93. The molecule has 0 aromatic carbocycles. The van der Waals surface area contributed by atoms with Crippen LogP contribution in [-0.2, 0) is 6.42 Å². The molecule has 1 aliphatic rings. The first-order chi connectivity index (χ1) is 9.19. The summed E-state index contributed by atoms with van der Waals surface area (Å²) in [6.07, 6.45) is 5.66. The SMILES string of the molecule is CC1CCC(NC(=O)c2cc(CCCO)on2)CC1. The number of hydrogen-bond acceptors (Lipinski definition) is 4. The molecule has 0 unspecified atom stereocenters. The number of carbonyl (C=O) groups excluding carboxylic acids is 1. The number of amides is 1. The van der Waals surface area contributed by atoms with Crippen LogP contribution >= 0.6 is 0 Å². The van der Waals surface area contributed by atoms with Gasteiger partial charge in [0.1, 0.15) is 5.76 Å². The van der Waals surface area contributed by atoms with Crippen LogP contribution in [0.25, 0.3) is 0 Å². The molecule has 1 fully saturated rings. The van der Waals surface area contributed by atoms with Crippen molar-refractivity contribution in [2.45, 2.75) is 51.5 Å². The van der Waals surface area contributed by atoms with Gasteiger partial charge in [0.2, 0.25) is 0 Å². The van der Waals surface area contributed by atoms with Crippen LogP contribution in [0.5, 0.6) is 0 Å². The van der Waals surface area contributed by atoms with Gasteiger partial charge >= 0.3 is 0 Å². The first-order valence-corrected chi connectivity index (χ1v) is 7.06. The average Bonchev–Trinajstić information content (AvgIpc) is 2.88. The lowest BCUT2D eigenvalue weighted by Gasteiger charge is -2.26. The van der Waals surface area contributed by atoms with Crippen molar-refractivity contribution >= 4 is 5.91 Å². The first kappa shape index (κ1) is 14.1. The predicted octanol–water partition coefficient (Wildman–Crippen LogP) is 1.91. The molecule has 5 heteroatoms. The molecule has 0 atom stereocenters. The van der Waals surface area contributed by atoms with Crippen LogP contribution in [0.3, 0.4) is 0 Å². The van der Waals surface area contributed by atoms with E-state index in [1.165, 1.54) is 12.8 Å². The number of nitrogens with one attached hydrogen (secondary N) is 1. The standard InChI is InChI=1S/C14H22N2O3/c1-10-4-6-11(7-5-10)15-14(18)13-9-12(19-16-13)3-2-8-17/h9-11,17H,2-8H2,1H3,(H,15,18). The summed E-state index contributed by atoms with van der Waals surface area (Å²) in [6.45, 7) is 2.37. The van der Waals surface area contributed by atoms with Crippen LogP contribution in [0.2, 0.25) is 0 Å². The summed E-state index contributed by atoms with van der Waals surface area (Å²) in [5, 5.41) is 15.5. The maximum Gasteiger partial charge on any atom is 0.273 e. The second-order valence-corrected chi connectivity index (χ2v) is 5.44. The first-order valence-electron chi connectivity index (χ1n) is 7.06. The van der Waals surface area contributed by atoms with Gasteiger partial charge in [-0.1, -0.05) is 12.1 Å². The molecule has 1 aromatic rings. The minimum atomic E-state index is -0.154. The summed E-state index contributed by atoms with van der Waals surface area (Å²) in [5.74, 6) is 1.26. The Kier molecular flexibility index (Phi) is 4.96. The highest BCUT2D eigenvalue weighted by molar-refractivity contribution is 5.92. The molecule has 1 heterocycles. The van der Waals surface area contributed by atoms with Crippen molar-refractivity contribution in [2.75, 3.05) is 6.61 Å². The Labute approximate surface area is 113 Å². The second kappa shape index (κ2) is 6.70. The van der Waals surface area contributed by atoms with E-state index in [9.17, 15) is 4.79 Å². The maximum atomic E-state index is 12.0. The zero-order valence-electron chi connectivity index (χ0n) is 11.4. The van der Waals surface area contributed by atoms with Crippen molar-refractivity contribution < 1.29 is 14.4 Å². The van der Waals surface area contributed by atoms with Crippen LogP contribution < -0.4 is 5.32 Å². The molecular weight excluding hydrogens is 244 g/mol. The third-order valence-electron chi connectivity index (χ3n) is 3.72. The maximum absolute atomic E-state index is 12.0. The van der Waals surface area contributed by atoms with Gasteiger partial charge in [-0.3, -0.25) is 4.79 Å². The molecule has 1 aliphatic carbocycles. The van der Waals surface area contributed by atoms with Crippen molar-refractivity contribution in [3.8, 4) is 0 Å². The van der Waals surface area contributed by atoms with Crippen molar-refractivity contribution in [1.29, 1.82) is 0 Å². The highest BCUT2D eigenvalue weighted by Gasteiger charge is 2.21. The molecule has 0 bridgehead atoms. The minimum absolute atomic E-state index is 0.114. The van der Waals surface area contributed by atoms with Crippen LogP contribution in [0.4, 0.5) is 0 Å². The lowest BCUT2D eigenvalue weighted by Crippen LogP contribution is -2.37. The van der Waals surface area contributed by atoms with Crippen LogP contribution in [0.15, 0.2) is 10.6 Å². The molecule has 5 nitrogen and oxygen atoms in total. The summed E-state index contributed by atoms with van der Waals surface area (Å²) < 4.78 is 5.07. The van der Waals surface area contributed by atoms with E-state index in [4.69, 9.17) is 9.63 Å². The molecule has 1 amide bonds. The van der Waals surface area contributed by atoms with Crippen molar-refractivity contribution in [3.05, 3.63) is 17.5 Å². The zero-order valence-corrected chi connectivity index (χ0v) is 11.4. The van der Waals surface area contributed by atoms with Gasteiger partial charge in [0, 0.05) is 25.1 Å². The topological polar surface area (TPSA) is 75.4 Å². The number of aliphatic hydroxyl groups is 1. The Balaban J connectivity index is 1.84. The number of aryl methyl sites for hydroxylation is 1. The Bertz CT molecular complexity index is 409. The summed E-state index contributed by atoms with van der Waals surface area (Å²) in [5.41, 5.74) is 0.339. The lowest BCUT2D eigenvalue weighted by molar-refractivity contribution is 0.0913. The fourth-order valence-corrected chi connectivity index (χ4v) is 2.45. The van der Waals surface area contributed by atoms with E-state index in [1.807, 2.05) is 0 Å². The molecule has 2 rings (SSSR count). The van der Waals surface area contributed by atoms with E-state index in [1.54, 1.807) is 6.07 Å². The fraction of sp³-hybridized carbons (Fsp3) is 0.714. The van der Waals surface area contributed by atoms with E-state index in [0.29, 0.717) is 24.3 Å².